The third kappa shape index (κ3) is 57.4. The van der Waals surface area contributed by atoms with E-state index >= 15 is 0 Å². The number of hydrogen-bond donors (Lipinski definition) is 3. The molecular formula is C66H125NO5. The van der Waals surface area contributed by atoms with E-state index in [2.05, 4.69) is 43.5 Å². The largest absolute Gasteiger partial charge is 0.466 e. The molecule has 6 heteroatoms. The average Bonchev–Trinajstić information content (AvgIpc) is 3.38. The molecule has 2 atom stereocenters. The summed E-state index contributed by atoms with van der Waals surface area (Å²) in [7, 11) is 0. The maximum atomic E-state index is 12.4. The summed E-state index contributed by atoms with van der Waals surface area (Å²) < 4.78 is 5.49. The van der Waals surface area contributed by atoms with Crippen LogP contribution < -0.4 is 5.32 Å². The topological polar surface area (TPSA) is 95.9 Å². The number of nitrogens with one attached hydrogen (secondary N) is 1. The molecular weight excluding hydrogens is 887 g/mol. The zero-order chi connectivity index (χ0) is 52.2. The normalized spacial score (nSPS) is 12.8. The second kappa shape index (κ2) is 61.6. The Kier molecular flexibility index (Phi) is 60.0. The number of aliphatic hydroxyl groups is 2. The molecule has 0 saturated heterocycles. The van der Waals surface area contributed by atoms with Crippen LogP contribution in [0, 0.1) is 0 Å². The molecule has 0 rings (SSSR count). The van der Waals surface area contributed by atoms with Crippen molar-refractivity contribution in [1.82, 2.24) is 5.32 Å². The summed E-state index contributed by atoms with van der Waals surface area (Å²) in [6.45, 7) is 4.88. The molecule has 3 N–H and O–H groups in total. The van der Waals surface area contributed by atoms with Gasteiger partial charge >= 0.3 is 5.97 Å². The minimum absolute atomic E-state index is 0.00912. The molecule has 0 aliphatic rings. The molecule has 0 saturated carbocycles. The van der Waals surface area contributed by atoms with Crippen LogP contribution in [0.5, 0.6) is 0 Å². The van der Waals surface area contributed by atoms with E-state index in [0.717, 1.165) is 51.4 Å². The Balaban J connectivity index is 3.35. The van der Waals surface area contributed by atoms with Crippen LogP contribution >= 0.6 is 0 Å². The Morgan fingerprint density at radius 1 is 0.389 bits per heavy atom. The molecule has 0 spiro atoms. The quantitative estimate of drug-likeness (QED) is 0.0320. The molecule has 0 aliphatic heterocycles. The van der Waals surface area contributed by atoms with E-state index in [-0.39, 0.29) is 18.5 Å². The van der Waals surface area contributed by atoms with E-state index in [9.17, 15) is 19.8 Å². The lowest BCUT2D eigenvalue weighted by Crippen LogP contribution is -2.45. The van der Waals surface area contributed by atoms with Crippen LogP contribution in [0.1, 0.15) is 348 Å². The monoisotopic (exact) mass is 1010 g/mol. The first kappa shape index (κ1) is 70.1. The third-order valence-corrected chi connectivity index (χ3v) is 14.9. The Morgan fingerprint density at radius 2 is 0.694 bits per heavy atom. The molecule has 0 aromatic heterocycles. The van der Waals surface area contributed by atoms with Crippen molar-refractivity contribution in [3.8, 4) is 0 Å². The maximum Gasteiger partial charge on any atom is 0.305 e. The Hall–Kier alpha value is -1.92. The van der Waals surface area contributed by atoms with Gasteiger partial charge in [-0.25, -0.2) is 0 Å². The highest BCUT2D eigenvalue weighted by atomic mass is 16.5. The van der Waals surface area contributed by atoms with Crippen molar-refractivity contribution in [1.29, 1.82) is 0 Å². The molecule has 0 aliphatic carbocycles. The van der Waals surface area contributed by atoms with Crippen LogP contribution in [0.15, 0.2) is 36.5 Å². The minimum atomic E-state index is -0.842. The van der Waals surface area contributed by atoms with Gasteiger partial charge in [0.05, 0.1) is 25.4 Å². The number of esters is 1. The van der Waals surface area contributed by atoms with E-state index in [0.29, 0.717) is 19.4 Å². The van der Waals surface area contributed by atoms with Gasteiger partial charge in [0, 0.05) is 12.8 Å². The van der Waals surface area contributed by atoms with Gasteiger partial charge in [-0.2, -0.15) is 0 Å². The lowest BCUT2D eigenvalue weighted by Gasteiger charge is -2.20. The van der Waals surface area contributed by atoms with Gasteiger partial charge in [0.2, 0.25) is 5.91 Å². The van der Waals surface area contributed by atoms with Crippen molar-refractivity contribution in [2.75, 3.05) is 13.2 Å². The molecule has 424 valence electrons. The van der Waals surface area contributed by atoms with Crippen LogP contribution in [0.2, 0.25) is 0 Å². The zero-order valence-electron chi connectivity index (χ0n) is 48.4. The molecule has 2 unspecified atom stereocenters. The second-order valence-corrected chi connectivity index (χ2v) is 22.1. The first-order valence-corrected chi connectivity index (χ1v) is 32.3. The fraction of sp³-hybridized carbons (Fsp3) is 0.879. The highest BCUT2D eigenvalue weighted by Crippen LogP contribution is 2.18. The highest BCUT2D eigenvalue weighted by molar-refractivity contribution is 5.76. The van der Waals surface area contributed by atoms with Gasteiger partial charge in [0.15, 0.2) is 0 Å². The SMILES string of the molecule is CCCCC/C=C\C/C=C\CCCCCCCCCC(=O)OCCCCCCCCCCCCCCCCCCCCCCCCCCCCC(=O)NC(CO)C(O)/C=C/CCCCCCCCCCCC. The van der Waals surface area contributed by atoms with Crippen LogP contribution in [0.25, 0.3) is 0 Å². The summed E-state index contributed by atoms with van der Waals surface area (Å²) >= 11 is 0. The molecule has 0 radical (unpaired) electrons. The fourth-order valence-corrected chi connectivity index (χ4v) is 9.96. The van der Waals surface area contributed by atoms with Gasteiger partial charge in [0.1, 0.15) is 0 Å². The summed E-state index contributed by atoms with van der Waals surface area (Å²) in [5.41, 5.74) is 0. The van der Waals surface area contributed by atoms with Crippen LogP contribution in [-0.2, 0) is 14.3 Å². The number of hydrogen-bond acceptors (Lipinski definition) is 5. The molecule has 1 amide bonds. The van der Waals surface area contributed by atoms with Crippen molar-refractivity contribution in [3.05, 3.63) is 36.5 Å². The highest BCUT2D eigenvalue weighted by Gasteiger charge is 2.18. The number of ether oxygens (including phenoxy) is 1. The summed E-state index contributed by atoms with van der Waals surface area (Å²) in [6.07, 6.45) is 77.7. The number of carbonyl (C=O) groups is 2. The van der Waals surface area contributed by atoms with Crippen molar-refractivity contribution in [3.63, 3.8) is 0 Å². The number of rotatable bonds is 60. The maximum absolute atomic E-state index is 12.4. The number of aliphatic hydroxyl groups excluding tert-OH is 2. The summed E-state index contributed by atoms with van der Waals surface area (Å²) in [5.74, 6) is -0.0565. The molecule has 0 aromatic rings. The van der Waals surface area contributed by atoms with E-state index in [1.54, 1.807) is 6.08 Å². The summed E-state index contributed by atoms with van der Waals surface area (Å²) in [6, 6.07) is -0.625. The number of carbonyl (C=O) groups excluding carboxylic acids is 2. The van der Waals surface area contributed by atoms with Gasteiger partial charge in [-0.05, 0) is 64.2 Å². The van der Waals surface area contributed by atoms with Crippen molar-refractivity contribution >= 4 is 11.9 Å². The molecule has 0 heterocycles. The molecule has 0 aromatic carbocycles. The van der Waals surface area contributed by atoms with E-state index < -0.39 is 12.1 Å². The third-order valence-electron chi connectivity index (χ3n) is 14.9. The average molecular weight is 1010 g/mol. The number of unbranched alkanes of at least 4 members (excludes halogenated alkanes) is 45. The summed E-state index contributed by atoms with van der Waals surface area (Å²) in [5, 5.41) is 23.1. The first-order valence-electron chi connectivity index (χ1n) is 32.3. The lowest BCUT2D eigenvalue weighted by molar-refractivity contribution is -0.143. The number of amides is 1. The molecule has 72 heavy (non-hydrogen) atoms. The van der Waals surface area contributed by atoms with Crippen LogP contribution in [0.4, 0.5) is 0 Å². The minimum Gasteiger partial charge on any atom is -0.466 e. The first-order chi connectivity index (χ1) is 35.5. The molecule has 0 bridgehead atoms. The predicted octanol–water partition coefficient (Wildman–Crippen LogP) is 20.4. The van der Waals surface area contributed by atoms with E-state index in [1.807, 2.05) is 6.08 Å². The molecule has 0 fully saturated rings. The lowest BCUT2D eigenvalue weighted by atomic mass is 10.0. The van der Waals surface area contributed by atoms with Gasteiger partial charge in [-0.15, -0.1) is 0 Å². The zero-order valence-corrected chi connectivity index (χ0v) is 48.4. The number of allylic oxidation sites excluding steroid dienone is 5. The Bertz CT molecular complexity index is 1170. The Morgan fingerprint density at radius 3 is 1.08 bits per heavy atom. The van der Waals surface area contributed by atoms with Gasteiger partial charge in [-0.3, -0.25) is 9.59 Å². The van der Waals surface area contributed by atoms with Crippen LogP contribution in [0.3, 0.4) is 0 Å². The Labute approximate surface area is 449 Å². The smallest absolute Gasteiger partial charge is 0.305 e. The van der Waals surface area contributed by atoms with E-state index in [4.69, 9.17) is 4.74 Å². The molecule has 6 nitrogen and oxygen atoms in total. The van der Waals surface area contributed by atoms with Gasteiger partial charge in [0.25, 0.3) is 0 Å². The van der Waals surface area contributed by atoms with Crippen LogP contribution in [-0.4, -0.2) is 47.4 Å². The van der Waals surface area contributed by atoms with E-state index in [1.165, 1.54) is 270 Å². The van der Waals surface area contributed by atoms with Gasteiger partial charge < -0.3 is 20.3 Å². The predicted molar refractivity (Wildman–Crippen MR) is 315 cm³/mol. The standard InChI is InChI=1S/C66H125NO5/c1-3-5-7-9-11-13-15-17-18-29-33-36-40-44-48-52-56-60-66(71)72-61-57-53-49-45-41-37-34-31-28-26-24-22-20-19-21-23-25-27-30-32-35-39-43-47-51-55-59-65(70)67-63(62-68)64(69)58-54-50-46-42-38-16-14-12-10-8-6-4-2/h11,13,17-18,54,58,63-64,68-69H,3-10,12,14-16,19-53,55-57,59-62H2,1-2H3,(H,67,70)/b13-11-,18-17-,58-54+. The van der Waals surface area contributed by atoms with Crippen molar-refractivity contribution < 1.29 is 24.5 Å². The van der Waals surface area contributed by atoms with Crippen molar-refractivity contribution in [2.45, 2.75) is 360 Å². The summed E-state index contributed by atoms with van der Waals surface area (Å²) in [4.78, 5) is 24.5. The van der Waals surface area contributed by atoms with Crippen molar-refractivity contribution in [2.24, 2.45) is 0 Å². The second-order valence-electron chi connectivity index (χ2n) is 22.1. The van der Waals surface area contributed by atoms with Gasteiger partial charge in [-0.1, -0.05) is 307 Å². The fourth-order valence-electron chi connectivity index (χ4n) is 9.96.